The van der Waals surface area contributed by atoms with E-state index in [4.69, 9.17) is 14.2 Å². The summed E-state index contributed by atoms with van der Waals surface area (Å²) < 4.78 is 16.6. The Hall–Kier alpha value is -1.42. The van der Waals surface area contributed by atoms with Crippen LogP contribution in [0.25, 0.3) is 0 Å². The zero-order valence-electron chi connectivity index (χ0n) is 12.3. The molecule has 0 radical (unpaired) electrons. The second-order valence-corrected chi connectivity index (χ2v) is 5.79. The molecule has 2 aliphatic rings. The maximum atomic E-state index is 5.97. The SMILES string of the molecule is COc1ccc(NC2CCOC3(CCC3)C2)cc1OC. The van der Waals surface area contributed by atoms with Crippen molar-refractivity contribution in [3.63, 3.8) is 0 Å². The van der Waals surface area contributed by atoms with Gasteiger partial charge in [-0.2, -0.15) is 0 Å². The first-order chi connectivity index (χ1) is 9.74. The third-order valence-corrected chi connectivity index (χ3v) is 4.51. The Labute approximate surface area is 120 Å². The smallest absolute Gasteiger partial charge is 0.162 e. The second-order valence-electron chi connectivity index (χ2n) is 5.79. The molecule has 1 aromatic carbocycles. The van der Waals surface area contributed by atoms with Crippen molar-refractivity contribution in [2.75, 3.05) is 26.1 Å². The van der Waals surface area contributed by atoms with Gasteiger partial charge in [0.05, 0.1) is 19.8 Å². The lowest BCUT2D eigenvalue weighted by molar-refractivity contribution is -0.130. The molecule has 3 rings (SSSR count). The topological polar surface area (TPSA) is 39.7 Å². The van der Waals surface area contributed by atoms with Gasteiger partial charge in [0, 0.05) is 24.4 Å². The van der Waals surface area contributed by atoms with Crippen molar-refractivity contribution in [2.24, 2.45) is 0 Å². The van der Waals surface area contributed by atoms with Gasteiger partial charge in [0.1, 0.15) is 0 Å². The lowest BCUT2D eigenvalue weighted by Gasteiger charge is -2.47. The summed E-state index contributed by atoms with van der Waals surface area (Å²) in [6, 6.07) is 6.48. The molecule has 1 aliphatic carbocycles. The largest absolute Gasteiger partial charge is 0.493 e. The Bertz CT molecular complexity index is 471. The minimum atomic E-state index is 0.173. The summed E-state index contributed by atoms with van der Waals surface area (Å²) in [6.07, 6.45) is 5.93. The van der Waals surface area contributed by atoms with Crippen LogP contribution in [0, 0.1) is 0 Å². The molecule has 1 N–H and O–H groups in total. The van der Waals surface area contributed by atoms with Gasteiger partial charge in [-0.1, -0.05) is 0 Å². The summed E-state index contributed by atoms with van der Waals surface area (Å²) in [5.74, 6) is 1.53. The van der Waals surface area contributed by atoms with E-state index in [1.165, 1.54) is 19.3 Å². The molecule has 1 spiro atoms. The number of hydrogen-bond acceptors (Lipinski definition) is 4. The highest BCUT2D eigenvalue weighted by atomic mass is 16.5. The van der Waals surface area contributed by atoms with Gasteiger partial charge in [0.2, 0.25) is 0 Å². The Kier molecular flexibility index (Phi) is 3.74. The lowest BCUT2D eigenvalue weighted by Crippen LogP contribution is -2.48. The summed E-state index contributed by atoms with van der Waals surface area (Å²) in [6.45, 7) is 0.866. The number of ether oxygens (including phenoxy) is 3. The molecule has 0 aromatic heterocycles. The predicted octanol–water partition coefficient (Wildman–Crippen LogP) is 3.22. The standard InChI is InChI=1S/C16H23NO3/c1-18-14-5-4-12(10-15(14)19-2)17-13-6-9-20-16(11-13)7-3-8-16/h4-5,10,13,17H,3,6-9,11H2,1-2H3. The molecule has 110 valence electrons. The Morgan fingerprint density at radius 2 is 2.00 bits per heavy atom. The van der Waals surface area contributed by atoms with Crippen molar-refractivity contribution in [3.8, 4) is 11.5 Å². The molecule has 20 heavy (non-hydrogen) atoms. The highest BCUT2D eigenvalue weighted by Gasteiger charge is 2.42. The summed E-state index contributed by atoms with van der Waals surface area (Å²) in [5, 5.41) is 3.61. The van der Waals surface area contributed by atoms with Gasteiger partial charge >= 0.3 is 0 Å². The fourth-order valence-electron chi connectivity index (χ4n) is 3.23. The van der Waals surface area contributed by atoms with Crippen LogP contribution in [-0.2, 0) is 4.74 Å². The molecule has 1 aliphatic heterocycles. The van der Waals surface area contributed by atoms with E-state index in [0.29, 0.717) is 6.04 Å². The Morgan fingerprint density at radius 1 is 1.20 bits per heavy atom. The lowest BCUT2D eigenvalue weighted by atomic mass is 9.74. The van der Waals surface area contributed by atoms with Crippen LogP contribution in [0.15, 0.2) is 18.2 Å². The number of nitrogens with one attached hydrogen (secondary N) is 1. The average molecular weight is 277 g/mol. The van der Waals surface area contributed by atoms with Crippen LogP contribution in [0.1, 0.15) is 32.1 Å². The van der Waals surface area contributed by atoms with E-state index in [1.54, 1.807) is 14.2 Å². The average Bonchev–Trinajstić information content (AvgIpc) is 2.46. The molecular formula is C16H23NO3. The van der Waals surface area contributed by atoms with Crippen molar-refractivity contribution in [3.05, 3.63) is 18.2 Å². The first-order valence-corrected chi connectivity index (χ1v) is 7.37. The van der Waals surface area contributed by atoms with E-state index in [2.05, 4.69) is 5.32 Å². The molecule has 1 unspecified atom stereocenters. The van der Waals surface area contributed by atoms with Crippen LogP contribution in [0.3, 0.4) is 0 Å². The van der Waals surface area contributed by atoms with E-state index in [9.17, 15) is 0 Å². The third-order valence-electron chi connectivity index (χ3n) is 4.51. The van der Waals surface area contributed by atoms with Gasteiger partial charge in [-0.15, -0.1) is 0 Å². The fraction of sp³-hybridized carbons (Fsp3) is 0.625. The van der Waals surface area contributed by atoms with Crippen LogP contribution in [-0.4, -0.2) is 32.5 Å². The zero-order chi connectivity index (χ0) is 14.0. The molecule has 0 bridgehead atoms. The Balaban J connectivity index is 1.68. The Morgan fingerprint density at radius 3 is 2.65 bits per heavy atom. The van der Waals surface area contributed by atoms with E-state index in [0.717, 1.165) is 36.6 Å². The van der Waals surface area contributed by atoms with Crippen LogP contribution < -0.4 is 14.8 Å². The molecule has 4 heteroatoms. The van der Waals surface area contributed by atoms with Crippen LogP contribution >= 0.6 is 0 Å². The third kappa shape index (κ3) is 2.57. The summed E-state index contributed by atoms with van der Waals surface area (Å²) >= 11 is 0. The number of anilines is 1. The first-order valence-electron chi connectivity index (χ1n) is 7.37. The molecule has 0 amide bonds. The first kappa shape index (κ1) is 13.6. The van der Waals surface area contributed by atoms with Gasteiger partial charge in [-0.25, -0.2) is 0 Å². The highest BCUT2D eigenvalue weighted by Crippen LogP contribution is 2.43. The van der Waals surface area contributed by atoms with Gasteiger partial charge in [0.15, 0.2) is 11.5 Å². The number of rotatable bonds is 4. The number of benzene rings is 1. The van der Waals surface area contributed by atoms with E-state index >= 15 is 0 Å². The summed E-state index contributed by atoms with van der Waals surface area (Å²) in [4.78, 5) is 0. The minimum Gasteiger partial charge on any atom is -0.493 e. The molecule has 4 nitrogen and oxygen atoms in total. The monoisotopic (exact) mass is 277 g/mol. The normalized spacial score (nSPS) is 24.0. The molecule has 1 atom stereocenters. The molecule has 2 fully saturated rings. The summed E-state index contributed by atoms with van der Waals surface area (Å²) in [5.41, 5.74) is 1.26. The molecule has 1 saturated heterocycles. The van der Waals surface area contributed by atoms with E-state index in [-0.39, 0.29) is 5.60 Å². The summed E-state index contributed by atoms with van der Waals surface area (Å²) in [7, 11) is 3.32. The van der Waals surface area contributed by atoms with Crippen molar-refractivity contribution < 1.29 is 14.2 Å². The molecule has 1 aromatic rings. The second kappa shape index (κ2) is 5.52. The van der Waals surface area contributed by atoms with Gasteiger partial charge in [-0.05, 0) is 44.2 Å². The molecular weight excluding hydrogens is 254 g/mol. The maximum Gasteiger partial charge on any atom is 0.162 e. The van der Waals surface area contributed by atoms with E-state index < -0.39 is 0 Å². The molecule has 1 heterocycles. The minimum absolute atomic E-state index is 0.173. The van der Waals surface area contributed by atoms with Gasteiger partial charge in [0.25, 0.3) is 0 Å². The number of methoxy groups -OCH3 is 2. The number of hydrogen-bond donors (Lipinski definition) is 1. The van der Waals surface area contributed by atoms with Gasteiger partial charge < -0.3 is 19.5 Å². The fourth-order valence-corrected chi connectivity index (χ4v) is 3.23. The van der Waals surface area contributed by atoms with E-state index in [1.807, 2.05) is 18.2 Å². The van der Waals surface area contributed by atoms with Crippen LogP contribution in [0.5, 0.6) is 11.5 Å². The van der Waals surface area contributed by atoms with Crippen molar-refractivity contribution in [1.82, 2.24) is 0 Å². The maximum absolute atomic E-state index is 5.97. The van der Waals surface area contributed by atoms with Crippen molar-refractivity contribution in [2.45, 2.75) is 43.7 Å². The van der Waals surface area contributed by atoms with Crippen molar-refractivity contribution >= 4 is 5.69 Å². The zero-order valence-corrected chi connectivity index (χ0v) is 12.3. The highest BCUT2D eigenvalue weighted by molar-refractivity contribution is 5.55. The van der Waals surface area contributed by atoms with Crippen LogP contribution in [0.4, 0.5) is 5.69 Å². The quantitative estimate of drug-likeness (QED) is 0.917. The molecule has 1 saturated carbocycles. The van der Waals surface area contributed by atoms with Crippen molar-refractivity contribution in [1.29, 1.82) is 0 Å². The predicted molar refractivity (Wildman–Crippen MR) is 78.7 cm³/mol. The van der Waals surface area contributed by atoms with Gasteiger partial charge in [-0.3, -0.25) is 0 Å². The van der Waals surface area contributed by atoms with Crippen LogP contribution in [0.2, 0.25) is 0 Å².